The first kappa shape index (κ1) is 14.3. The molecular weight excluding hydrogens is 220 g/mol. The van der Waals surface area contributed by atoms with Gasteiger partial charge in [-0.3, -0.25) is 4.90 Å². The lowest BCUT2D eigenvalue weighted by molar-refractivity contribution is 0.117. The summed E-state index contributed by atoms with van der Waals surface area (Å²) < 4.78 is 0. The molecule has 1 aliphatic carbocycles. The molecule has 2 aliphatic rings. The van der Waals surface area contributed by atoms with Crippen molar-refractivity contribution >= 4 is 0 Å². The molecule has 0 spiro atoms. The topological polar surface area (TPSA) is 15.3 Å². The molecule has 18 heavy (non-hydrogen) atoms. The second-order valence-corrected chi connectivity index (χ2v) is 6.87. The Morgan fingerprint density at radius 3 is 2.56 bits per heavy atom. The van der Waals surface area contributed by atoms with Gasteiger partial charge in [0.1, 0.15) is 0 Å². The number of nitrogens with one attached hydrogen (secondary N) is 1. The van der Waals surface area contributed by atoms with Crippen molar-refractivity contribution in [3.05, 3.63) is 0 Å². The molecule has 1 N–H and O–H groups in total. The molecule has 2 fully saturated rings. The van der Waals surface area contributed by atoms with Gasteiger partial charge in [0.2, 0.25) is 0 Å². The van der Waals surface area contributed by atoms with E-state index < -0.39 is 0 Å². The summed E-state index contributed by atoms with van der Waals surface area (Å²) in [5.41, 5.74) is 0. The number of hydrogen-bond donors (Lipinski definition) is 1. The summed E-state index contributed by atoms with van der Waals surface area (Å²) in [4.78, 5) is 2.82. The Bertz CT molecular complexity index is 253. The highest BCUT2D eigenvalue weighted by atomic mass is 15.2. The predicted molar refractivity (Wildman–Crippen MR) is 78.8 cm³/mol. The van der Waals surface area contributed by atoms with E-state index in [4.69, 9.17) is 0 Å². The summed E-state index contributed by atoms with van der Waals surface area (Å²) in [6.45, 7) is 13.4. The monoisotopic (exact) mass is 252 g/mol. The third-order valence-electron chi connectivity index (χ3n) is 5.39. The normalized spacial score (nSPS) is 43.7. The maximum Gasteiger partial charge on any atom is 0.0124 e. The molecule has 0 amide bonds. The molecule has 0 bridgehead atoms. The molecular formula is C16H32N2. The summed E-state index contributed by atoms with van der Waals surface area (Å²) in [5, 5.41) is 3.65. The summed E-state index contributed by atoms with van der Waals surface area (Å²) in [6, 6.07) is 1.55. The van der Waals surface area contributed by atoms with Crippen molar-refractivity contribution in [2.45, 2.75) is 65.5 Å². The summed E-state index contributed by atoms with van der Waals surface area (Å²) >= 11 is 0. The second-order valence-electron chi connectivity index (χ2n) is 6.87. The van der Waals surface area contributed by atoms with Gasteiger partial charge < -0.3 is 5.32 Å². The highest BCUT2D eigenvalue weighted by Crippen LogP contribution is 2.37. The van der Waals surface area contributed by atoms with Crippen LogP contribution in [-0.4, -0.2) is 36.6 Å². The molecule has 106 valence electrons. The summed E-state index contributed by atoms with van der Waals surface area (Å²) in [5.74, 6) is 2.68. The van der Waals surface area contributed by atoms with Crippen molar-refractivity contribution in [3.8, 4) is 0 Å². The van der Waals surface area contributed by atoms with E-state index >= 15 is 0 Å². The first-order valence-corrected chi connectivity index (χ1v) is 8.09. The Morgan fingerprint density at radius 2 is 1.89 bits per heavy atom. The lowest BCUT2D eigenvalue weighted by atomic mass is 9.92. The smallest absolute Gasteiger partial charge is 0.0124 e. The highest BCUT2D eigenvalue weighted by Gasteiger charge is 2.36. The molecule has 1 aliphatic heterocycles. The van der Waals surface area contributed by atoms with Crippen LogP contribution in [-0.2, 0) is 0 Å². The first-order valence-electron chi connectivity index (χ1n) is 8.09. The van der Waals surface area contributed by atoms with E-state index in [1.807, 2.05) is 0 Å². The average Bonchev–Trinajstić information content (AvgIpc) is 2.71. The zero-order valence-electron chi connectivity index (χ0n) is 12.8. The summed E-state index contributed by atoms with van der Waals surface area (Å²) in [6.07, 6.45) is 5.58. The van der Waals surface area contributed by atoms with Crippen LogP contribution in [0.4, 0.5) is 0 Å². The fourth-order valence-corrected chi connectivity index (χ4v) is 4.04. The van der Waals surface area contributed by atoms with Gasteiger partial charge in [0.25, 0.3) is 0 Å². The molecule has 2 nitrogen and oxygen atoms in total. The van der Waals surface area contributed by atoms with Crippen LogP contribution >= 0.6 is 0 Å². The fourth-order valence-electron chi connectivity index (χ4n) is 4.04. The van der Waals surface area contributed by atoms with E-state index in [1.165, 1.54) is 45.3 Å². The largest absolute Gasteiger partial charge is 0.314 e. The van der Waals surface area contributed by atoms with Crippen LogP contribution in [0.1, 0.15) is 53.4 Å². The Morgan fingerprint density at radius 1 is 1.11 bits per heavy atom. The molecule has 5 unspecified atom stereocenters. The molecule has 0 aromatic rings. The Balaban J connectivity index is 1.97. The quantitative estimate of drug-likeness (QED) is 0.812. The van der Waals surface area contributed by atoms with Gasteiger partial charge in [-0.25, -0.2) is 0 Å². The van der Waals surface area contributed by atoms with Crippen molar-refractivity contribution in [2.24, 2.45) is 17.8 Å². The van der Waals surface area contributed by atoms with E-state index in [0.717, 1.165) is 23.8 Å². The van der Waals surface area contributed by atoms with Crippen molar-refractivity contribution in [2.75, 3.05) is 19.6 Å². The van der Waals surface area contributed by atoms with Gasteiger partial charge in [0, 0.05) is 18.6 Å². The Labute approximate surface area is 114 Å². The molecule has 0 aromatic carbocycles. The number of nitrogens with zero attached hydrogens (tertiary/aromatic N) is 1. The predicted octanol–water partition coefficient (Wildman–Crippen LogP) is 3.13. The van der Waals surface area contributed by atoms with Crippen molar-refractivity contribution < 1.29 is 0 Å². The van der Waals surface area contributed by atoms with Gasteiger partial charge in [0.15, 0.2) is 0 Å². The third kappa shape index (κ3) is 3.27. The maximum absolute atomic E-state index is 3.65. The van der Waals surface area contributed by atoms with Gasteiger partial charge in [-0.2, -0.15) is 0 Å². The van der Waals surface area contributed by atoms with Crippen molar-refractivity contribution in [3.63, 3.8) is 0 Å². The minimum absolute atomic E-state index is 0.689. The molecule has 0 radical (unpaired) electrons. The fraction of sp³-hybridized carbons (Fsp3) is 1.00. The molecule has 1 saturated carbocycles. The SMILES string of the molecule is CCC1CCC(N2CCC(C)NCC(C)C2)C1C. The lowest BCUT2D eigenvalue weighted by Gasteiger charge is -2.37. The van der Waals surface area contributed by atoms with Crippen molar-refractivity contribution in [1.29, 1.82) is 0 Å². The van der Waals surface area contributed by atoms with Crippen LogP contribution in [0.2, 0.25) is 0 Å². The van der Waals surface area contributed by atoms with E-state index in [9.17, 15) is 0 Å². The van der Waals surface area contributed by atoms with Crippen LogP contribution in [0.3, 0.4) is 0 Å². The maximum atomic E-state index is 3.65. The van der Waals surface area contributed by atoms with E-state index in [2.05, 4.69) is 37.9 Å². The van der Waals surface area contributed by atoms with E-state index in [1.54, 1.807) is 0 Å². The minimum atomic E-state index is 0.689. The van der Waals surface area contributed by atoms with Gasteiger partial charge in [-0.1, -0.05) is 27.2 Å². The second kappa shape index (κ2) is 6.38. The number of rotatable bonds is 2. The lowest BCUT2D eigenvalue weighted by Crippen LogP contribution is -2.47. The first-order chi connectivity index (χ1) is 8.61. The van der Waals surface area contributed by atoms with E-state index in [0.29, 0.717) is 6.04 Å². The number of hydrogen-bond acceptors (Lipinski definition) is 2. The van der Waals surface area contributed by atoms with Crippen LogP contribution in [0.15, 0.2) is 0 Å². The van der Waals surface area contributed by atoms with Crippen LogP contribution in [0, 0.1) is 17.8 Å². The Kier molecular flexibility index (Phi) is 5.08. The molecule has 2 rings (SSSR count). The van der Waals surface area contributed by atoms with E-state index in [-0.39, 0.29) is 0 Å². The standard InChI is InChI=1S/C16H32N2/c1-5-15-6-7-16(14(15)4)18-9-8-13(3)17-10-12(2)11-18/h12-17H,5-11H2,1-4H3. The zero-order valence-corrected chi connectivity index (χ0v) is 12.8. The van der Waals surface area contributed by atoms with Gasteiger partial charge in [-0.15, -0.1) is 0 Å². The summed E-state index contributed by atoms with van der Waals surface area (Å²) in [7, 11) is 0. The van der Waals surface area contributed by atoms with Gasteiger partial charge in [-0.05, 0) is 57.0 Å². The molecule has 1 saturated heterocycles. The highest BCUT2D eigenvalue weighted by molar-refractivity contribution is 4.90. The minimum Gasteiger partial charge on any atom is -0.314 e. The van der Waals surface area contributed by atoms with Gasteiger partial charge >= 0.3 is 0 Å². The zero-order chi connectivity index (χ0) is 13.1. The molecule has 2 heteroatoms. The van der Waals surface area contributed by atoms with Crippen molar-refractivity contribution in [1.82, 2.24) is 10.2 Å². The average molecular weight is 252 g/mol. The van der Waals surface area contributed by atoms with Crippen LogP contribution in [0.25, 0.3) is 0 Å². The van der Waals surface area contributed by atoms with Crippen LogP contribution in [0.5, 0.6) is 0 Å². The molecule has 0 aromatic heterocycles. The molecule has 5 atom stereocenters. The van der Waals surface area contributed by atoms with Crippen LogP contribution < -0.4 is 5.32 Å². The van der Waals surface area contributed by atoms with Gasteiger partial charge in [0.05, 0.1) is 0 Å². The molecule has 1 heterocycles. The third-order valence-corrected chi connectivity index (χ3v) is 5.39. The Hall–Kier alpha value is -0.0800.